The number of carboxylic acids is 1. The summed E-state index contributed by atoms with van der Waals surface area (Å²) in [6.07, 6.45) is -0.273. The Kier molecular flexibility index (Phi) is 10.4. The van der Waals surface area contributed by atoms with Crippen molar-refractivity contribution < 1.29 is 24.3 Å². The molecule has 2 aliphatic rings. The second-order valence-electron chi connectivity index (χ2n) is 8.60. The third kappa shape index (κ3) is 9.42. The van der Waals surface area contributed by atoms with Crippen molar-refractivity contribution in [3.05, 3.63) is 84.4 Å². The summed E-state index contributed by atoms with van der Waals surface area (Å²) in [5.74, 6) is -1.96. The van der Waals surface area contributed by atoms with Crippen molar-refractivity contribution in [2.45, 2.75) is 25.8 Å². The molecule has 4 amide bonds. The highest BCUT2D eigenvalue weighted by molar-refractivity contribution is 5.85. The Hall–Kier alpha value is -4.66. The average Bonchev–Trinajstić information content (AvgIpc) is 3.51. The standard InChI is InChI=1S/C23H28N4O5.C6H4/c1-2-24-23(32)25-13-12-20(28)26-15-21(29)27-19(14-22(30)31)18-10-8-17(9-11-18)16-6-4-3-5-7-16;1-2-5-4-6(5)3-1/h3-11,19H,2,12-15H2,1H3,(H,26,28)(H,27,29)(H,30,31)(H2,24,25,32);1-4H. The van der Waals surface area contributed by atoms with E-state index in [0.29, 0.717) is 12.1 Å². The highest BCUT2D eigenvalue weighted by atomic mass is 16.4. The summed E-state index contributed by atoms with van der Waals surface area (Å²) in [5.41, 5.74) is 5.51. The van der Waals surface area contributed by atoms with Gasteiger partial charge in [0, 0.05) is 19.5 Å². The van der Waals surface area contributed by atoms with Crippen LogP contribution in [0.2, 0.25) is 0 Å². The molecule has 2 aliphatic carbocycles. The van der Waals surface area contributed by atoms with Gasteiger partial charge in [-0.3, -0.25) is 14.4 Å². The highest BCUT2D eigenvalue weighted by Gasteiger charge is 2.18. The lowest BCUT2D eigenvalue weighted by Gasteiger charge is -2.18. The maximum Gasteiger partial charge on any atom is 0.314 e. The van der Waals surface area contributed by atoms with E-state index in [4.69, 9.17) is 0 Å². The van der Waals surface area contributed by atoms with E-state index in [-0.39, 0.29) is 32.0 Å². The van der Waals surface area contributed by atoms with Crippen LogP contribution in [-0.2, 0) is 14.4 Å². The first-order valence-electron chi connectivity index (χ1n) is 12.4. The lowest BCUT2D eigenvalue weighted by molar-refractivity contribution is -0.138. The highest BCUT2D eigenvalue weighted by Crippen LogP contribution is 2.32. The van der Waals surface area contributed by atoms with Gasteiger partial charge in [-0.15, -0.1) is 0 Å². The molecule has 198 valence electrons. The van der Waals surface area contributed by atoms with Crippen LogP contribution in [0.15, 0.2) is 78.9 Å². The molecular formula is C29H32N4O5. The Labute approximate surface area is 221 Å². The maximum atomic E-state index is 12.3. The van der Waals surface area contributed by atoms with Crippen LogP contribution < -0.4 is 21.3 Å². The van der Waals surface area contributed by atoms with Gasteiger partial charge >= 0.3 is 12.0 Å². The molecule has 9 nitrogen and oxygen atoms in total. The molecule has 0 radical (unpaired) electrons. The zero-order valence-corrected chi connectivity index (χ0v) is 21.2. The van der Waals surface area contributed by atoms with Gasteiger partial charge in [-0.2, -0.15) is 0 Å². The third-order valence-corrected chi connectivity index (χ3v) is 5.67. The fourth-order valence-electron chi connectivity index (χ4n) is 3.67. The molecule has 4 rings (SSSR count). The molecule has 0 heterocycles. The first-order valence-corrected chi connectivity index (χ1v) is 12.4. The molecule has 5 N–H and O–H groups in total. The number of hydrogen-bond donors (Lipinski definition) is 5. The van der Waals surface area contributed by atoms with Crippen LogP contribution in [0.5, 0.6) is 0 Å². The summed E-state index contributed by atoms with van der Waals surface area (Å²) in [7, 11) is 0. The number of carboxylic acid groups (broad SMARTS) is 1. The number of benzene rings is 3. The SMILES string of the molecule is CCNC(=O)NCCC(=O)NCC(=O)NC(CC(=O)O)c1ccc(-c2ccccc2)cc1.c1cc2cc-2c1. The molecule has 0 saturated heterocycles. The lowest BCUT2D eigenvalue weighted by Crippen LogP contribution is -2.41. The van der Waals surface area contributed by atoms with Crippen LogP contribution in [0.3, 0.4) is 0 Å². The van der Waals surface area contributed by atoms with Crippen molar-refractivity contribution in [2.24, 2.45) is 0 Å². The normalized spacial score (nSPS) is 11.2. The summed E-state index contributed by atoms with van der Waals surface area (Å²) < 4.78 is 0. The third-order valence-electron chi connectivity index (χ3n) is 5.67. The van der Waals surface area contributed by atoms with E-state index in [9.17, 15) is 24.3 Å². The zero-order chi connectivity index (χ0) is 27.3. The summed E-state index contributed by atoms with van der Waals surface area (Å²) >= 11 is 0. The second-order valence-corrected chi connectivity index (χ2v) is 8.60. The van der Waals surface area contributed by atoms with Gasteiger partial charge in [0.25, 0.3) is 0 Å². The first-order chi connectivity index (χ1) is 18.4. The molecule has 2 aromatic carbocycles. The zero-order valence-electron chi connectivity index (χ0n) is 21.2. The smallest absolute Gasteiger partial charge is 0.314 e. The van der Waals surface area contributed by atoms with Gasteiger partial charge in [-0.05, 0) is 40.8 Å². The maximum absolute atomic E-state index is 12.3. The minimum absolute atomic E-state index is 0.0178. The van der Waals surface area contributed by atoms with Gasteiger partial charge < -0.3 is 26.4 Å². The summed E-state index contributed by atoms with van der Waals surface area (Å²) in [6, 6.07) is 24.4. The van der Waals surface area contributed by atoms with E-state index in [2.05, 4.69) is 45.5 Å². The number of carbonyl (C=O) groups is 4. The first kappa shape index (κ1) is 27.9. The molecule has 38 heavy (non-hydrogen) atoms. The average molecular weight is 517 g/mol. The van der Waals surface area contributed by atoms with Gasteiger partial charge in [-0.1, -0.05) is 72.8 Å². The second kappa shape index (κ2) is 14.2. The molecule has 0 fully saturated rings. The van der Waals surface area contributed by atoms with Gasteiger partial charge in [-0.25, -0.2) is 4.79 Å². The predicted molar refractivity (Wildman–Crippen MR) is 145 cm³/mol. The Balaban J connectivity index is 0.000000572. The molecule has 0 spiro atoms. The van der Waals surface area contributed by atoms with Crippen molar-refractivity contribution in [1.29, 1.82) is 0 Å². The van der Waals surface area contributed by atoms with Crippen LogP contribution in [0, 0.1) is 0 Å². The van der Waals surface area contributed by atoms with Gasteiger partial charge in [0.1, 0.15) is 0 Å². The molecule has 0 aromatic heterocycles. The Morgan fingerprint density at radius 3 is 1.92 bits per heavy atom. The number of hydrogen-bond acceptors (Lipinski definition) is 4. The minimum atomic E-state index is -1.05. The molecule has 0 bridgehead atoms. The molecular weight excluding hydrogens is 484 g/mol. The molecule has 0 saturated carbocycles. The number of urea groups is 1. The van der Waals surface area contributed by atoms with Gasteiger partial charge in [0.05, 0.1) is 19.0 Å². The van der Waals surface area contributed by atoms with E-state index in [1.807, 2.05) is 42.5 Å². The van der Waals surface area contributed by atoms with Crippen molar-refractivity contribution in [1.82, 2.24) is 21.3 Å². The summed E-state index contributed by atoms with van der Waals surface area (Å²) in [5, 5.41) is 19.4. The number of amides is 4. The number of aliphatic carboxylic acids is 1. The Bertz CT molecular complexity index is 1230. The number of rotatable bonds is 11. The van der Waals surface area contributed by atoms with Crippen LogP contribution in [-0.4, -0.2) is 48.6 Å². The van der Waals surface area contributed by atoms with Crippen molar-refractivity contribution >= 4 is 23.8 Å². The predicted octanol–water partition coefficient (Wildman–Crippen LogP) is 3.48. The Morgan fingerprint density at radius 2 is 1.37 bits per heavy atom. The topological polar surface area (TPSA) is 137 Å². The molecule has 0 aliphatic heterocycles. The molecule has 9 heteroatoms. The van der Waals surface area contributed by atoms with Crippen molar-refractivity contribution in [3.63, 3.8) is 0 Å². The number of fused-ring (bicyclic) bond motifs is 1. The van der Waals surface area contributed by atoms with Crippen molar-refractivity contribution in [3.8, 4) is 22.3 Å². The number of nitrogens with one attached hydrogen (secondary N) is 4. The van der Waals surface area contributed by atoms with Crippen LogP contribution in [0.1, 0.15) is 31.4 Å². The van der Waals surface area contributed by atoms with E-state index >= 15 is 0 Å². The number of carbonyl (C=O) groups excluding carboxylic acids is 3. The quantitative estimate of drug-likeness (QED) is 0.208. The molecule has 1 unspecified atom stereocenters. The fourth-order valence-corrected chi connectivity index (χ4v) is 3.67. The van der Waals surface area contributed by atoms with E-state index < -0.39 is 23.8 Å². The van der Waals surface area contributed by atoms with E-state index in [1.165, 1.54) is 11.1 Å². The summed E-state index contributed by atoms with van der Waals surface area (Å²) in [4.78, 5) is 46.7. The Morgan fingerprint density at radius 1 is 0.737 bits per heavy atom. The van der Waals surface area contributed by atoms with Crippen LogP contribution >= 0.6 is 0 Å². The van der Waals surface area contributed by atoms with Gasteiger partial charge in [0.15, 0.2) is 0 Å². The molecule has 1 atom stereocenters. The molecule has 2 aromatic rings. The fraction of sp³-hybridized carbons (Fsp3) is 0.241. The van der Waals surface area contributed by atoms with Gasteiger partial charge in [0.2, 0.25) is 11.8 Å². The van der Waals surface area contributed by atoms with Crippen LogP contribution in [0.4, 0.5) is 4.79 Å². The van der Waals surface area contributed by atoms with Crippen LogP contribution in [0.25, 0.3) is 22.3 Å². The minimum Gasteiger partial charge on any atom is -0.481 e. The monoisotopic (exact) mass is 516 g/mol. The van der Waals surface area contributed by atoms with E-state index in [0.717, 1.165) is 11.1 Å². The van der Waals surface area contributed by atoms with E-state index in [1.54, 1.807) is 19.1 Å². The van der Waals surface area contributed by atoms with Crippen molar-refractivity contribution in [2.75, 3.05) is 19.6 Å². The summed E-state index contributed by atoms with van der Waals surface area (Å²) in [6.45, 7) is 2.09. The largest absolute Gasteiger partial charge is 0.481 e. The lowest BCUT2D eigenvalue weighted by atomic mass is 9.99.